The van der Waals surface area contributed by atoms with E-state index in [4.69, 9.17) is 15.2 Å². The standard InChI is InChI=1S/C27H37NO3/c1-25(2,3)21-16-19(12-15-22(29)18-10-13-20(28)14-11-18)23(30-26(4,5)6)17-24(21)31-27(7,8)9/h10-17H,28H2,1-9H3. The molecule has 0 spiro atoms. The Morgan fingerprint density at radius 2 is 1.32 bits per heavy atom. The molecule has 2 N–H and O–H groups in total. The zero-order valence-corrected chi connectivity index (χ0v) is 20.4. The van der Waals surface area contributed by atoms with Crippen LogP contribution in [-0.4, -0.2) is 17.0 Å². The van der Waals surface area contributed by atoms with E-state index in [1.54, 1.807) is 30.3 Å². The van der Waals surface area contributed by atoms with Crippen LogP contribution in [0.25, 0.3) is 6.08 Å². The average Bonchev–Trinajstić information content (AvgIpc) is 2.57. The molecule has 0 saturated heterocycles. The van der Waals surface area contributed by atoms with Crippen LogP contribution in [0.2, 0.25) is 0 Å². The first kappa shape index (κ1) is 24.5. The van der Waals surface area contributed by atoms with Crippen molar-refractivity contribution < 1.29 is 14.3 Å². The fraction of sp³-hybridized carbons (Fsp3) is 0.444. The van der Waals surface area contributed by atoms with Gasteiger partial charge in [-0.15, -0.1) is 0 Å². The van der Waals surface area contributed by atoms with Crippen LogP contribution < -0.4 is 15.2 Å². The Balaban J connectivity index is 2.57. The van der Waals surface area contributed by atoms with Gasteiger partial charge in [0, 0.05) is 28.4 Å². The van der Waals surface area contributed by atoms with Gasteiger partial charge in [0.1, 0.15) is 22.7 Å². The van der Waals surface area contributed by atoms with Crippen LogP contribution >= 0.6 is 0 Å². The van der Waals surface area contributed by atoms with Crippen molar-refractivity contribution in [3.8, 4) is 11.5 Å². The number of hydrogen-bond donors (Lipinski definition) is 1. The minimum atomic E-state index is -0.397. The molecule has 4 nitrogen and oxygen atoms in total. The number of nitrogen functional groups attached to an aromatic ring is 1. The van der Waals surface area contributed by atoms with Gasteiger partial charge in [-0.1, -0.05) is 20.8 Å². The maximum atomic E-state index is 12.7. The molecule has 0 aliphatic heterocycles. The molecule has 0 aliphatic rings. The quantitative estimate of drug-likeness (QED) is 0.326. The van der Waals surface area contributed by atoms with Crippen molar-refractivity contribution in [3.05, 3.63) is 59.2 Å². The second-order valence-corrected chi connectivity index (χ2v) is 10.9. The van der Waals surface area contributed by atoms with E-state index in [0.29, 0.717) is 17.0 Å². The summed E-state index contributed by atoms with van der Waals surface area (Å²) >= 11 is 0. The largest absolute Gasteiger partial charge is 0.488 e. The van der Waals surface area contributed by atoms with E-state index in [2.05, 4.69) is 26.8 Å². The third-order valence-corrected chi connectivity index (χ3v) is 4.36. The number of allylic oxidation sites excluding steroid dienone is 1. The lowest BCUT2D eigenvalue weighted by Crippen LogP contribution is -2.27. The first-order valence-electron chi connectivity index (χ1n) is 10.7. The van der Waals surface area contributed by atoms with Crippen molar-refractivity contribution in [1.29, 1.82) is 0 Å². The van der Waals surface area contributed by atoms with Crippen molar-refractivity contribution in [2.24, 2.45) is 0 Å². The van der Waals surface area contributed by atoms with Crippen LogP contribution in [0.1, 0.15) is 83.8 Å². The summed E-state index contributed by atoms with van der Waals surface area (Å²) < 4.78 is 12.5. The van der Waals surface area contributed by atoms with E-state index < -0.39 is 5.60 Å². The summed E-state index contributed by atoms with van der Waals surface area (Å²) in [6, 6.07) is 10.9. The van der Waals surface area contributed by atoms with E-state index in [9.17, 15) is 4.79 Å². The van der Waals surface area contributed by atoms with E-state index >= 15 is 0 Å². The third kappa shape index (κ3) is 7.46. The van der Waals surface area contributed by atoms with Gasteiger partial charge in [0.25, 0.3) is 0 Å². The molecule has 0 amide bonds. The van der Waals surface area contributed by atoms with Gasteiger partial charge in [-0.2, -0.15) is 0 Å². The molecule has 0 saturated carbocycles. The average molecular weight is 424 g/mol. The zero-order chi connectivity index (χ0) is 23.6. The summed E-state index contributed by atoms with van der Waals surface area (Å²) in [6.45, 7) is 18.5. The van der Waals surface area contributed by atoms with Crippen LogP contribution in [0.4, 0.5) is 5.69 Å². The Morgan fingerprint density at radius 1 is 0.806 bits per heavy atom. The highest BCUT2D eigenvalue weighted by atomic mass is 16.5. The summed E-state index contributed by atoms with van der Waals surface area (Å²) in [5, 5.41) is 0. The number of ether oxygens (including phenoxy) is 2. The first-order valence-corrected chi connectivity index (χ1v) is 10.7. The molecule has 0 atom stereocenters. The first-order chi connectivity index (χ1) is 14.0. The Morgan fingerprint density at radius 3 is 1.81 bits per heavy atom. The molecular weight excluding hydrogens is 386 g/mol. The van der Waals surface area contributed by atoms with Crippen molar-refractivity contribution >= 4 is 17.5 Å². The topological polar surface area (TPSA) is 61.5 Å². The number of carbonyl (C=O) groups is 1. The molecule has 4 heteroatoms. The highest BCUT2D eigenvalue weighted by Gasteiger charge is 2.26. The van der Waals surface area contributed by atoms with Crippen LogP contribution in [0, 0.1) is 0 Å². The monoisotopic (exact) mass is 423 g/mol. The maximum Gasteiger partial charge on any atom is 0.185 e. The minimum absolute atomic E-state index is 0.0889. The molecule has 2 aromatic carbocycles. The predicted octanol–water partition coefficient (Wildman–Crippen LogP) is 6.82. The van der Waals surface area contributed by atoms with Crippen LogP contribution in [0.5, 0.6) is 11.5 Å². The van der Waals surface area contributed by atoms with Crippen molar-refractivity contribution in [2.75, 3.05) is 5.73 Å². The summed E-state index contributed by atoms with van der Waals surface area (Å²) in [6.07, 6.45) is 3.39. The number of nitrogens with two attached hydrogens (primary N) is 1. The molecule has 31 heavy (non-hydrogen) atoms. The number of carbonyl (C=O) groups excluding carboxylic acids is 1. The molecule has 0 fully saturated rings. The van der Waals surface area contributed by atoms with Crippen LogP contribution in [0.15, 0.2) is 42.5 Å². The fourth-order valence-electron chi connectivity index (χ4n) is 3.04. The Kier molecular flexibility index (Phi) is 6.94. The highest BCUT2D eigenvalue weighted by Crippen LogP contribution is 2.40. The van der Waals surface area contributed by atoms with Crippen molar-refractivity contribution in [3.63, 3.8) is 0 Å². The highest BCUT2D eigenvalue weighted by molar-refractivity contribution is 6.07. The number of hydrogen-bond acceptors (Lipinski definition) is 4. The zero-order valence-electron chi connectivity index (χ0n) is 20.4. The van der Waals surface area contributed by atoms with E-state index in [0.717, 1.165) is 16.9 Å². The molecule has 0 aliphatic carbocycles. The summed E-state index contributed by atoms with van der Waals surface area (Å²) in [5.74, 6) is 1.39. The van der Waals surface area contributed by atoms with Gasteiger partial charge in [-0.05, 0) is 89.4 Å². The fourth-order valence-corrected chi connectivity index (χ4v) is 3.04. The normalized spacial score (nSPS) is 12.8. The van der Waals surface area contributed by atoms with Crippen molar-refractivity contribution in [1.82, 2.24) is 0 Å². The van der Waals surface area contributed by atoms with E-state index in [1.165, 1.54) is 0 Å². The van der Waals surface area contributed by atoms with Gasteiger partial charge in [-0.3, -0.25) is 4.79 Å². The molecule has 0 radical (unpaired) electrons. The SMILES string of the molecule is CC(C)(C)Oc1cc(OC(C)(C)C)c(C(C)(C)C)cc1C=CC(=O)c1ccc(N)cc1. The summed E-state index contributed by atoms with van der Waals surface area (Å²) in [5.41, 5.74) is 7.95. The molecule has 0 bridgehead atoms. The Labute approximate surface area is 187 Å². The van der Waals surface area contributed by atoms with Gasteiger partial charge < -0.3 is 15.2 Å². The molecule has 0 heterocycles. The molecule has 2 rings (SSSR count). The number of rotatable bonds is 5. The minimum Gasteiger partial charge on any atom is -0.488 e. The number of ketones is 1. The summed E-state index contributed by atoms with van der Waals surface area (Å²) in [7, 11) is 0. The Hall–Kier alpha value is -2.75. The van der Waals surface area contributed by atoms with Gasteiger partial charge in [-0.25, -0.2) is 0 Å². The maximum absolute atomic E-state index is 12.7. The van der Waals surface area contributed by atoms with Gasteiger partial charge in [0.05, 0.1) is 0 Å². The lowest BCUT2D eigenvalue weighted by atomic mass is 9.85. The van der Waals surface area contributed by atoms with E-state index in [1.807, 2.05) is 53.7 Å². The molecule has 0 aromatic heterocycles. The van der Waals surface area contributed by atoms with Gasteiger partial charge in [0.2, 0.25) is 0 Å². The number of benzene rings is 2. The van der Waals surface area contributed by atoms with Crippen LogP contribution in [0.3, 0.4) is 0 Å². The van der Waals surface area contributed by atoms with Crippen molar-refractivity contribution in [2.45, 2.75) is 78.9 Å². The molecule has 2 aromatic rings. The lowest BCUT2D eigenvalue weighted by molar-refractivity contribution is 0.104. The lowest BCUT2D eigenvalue weighted by Gasteiger charge is -2.30. The second kappa shape index (κ2) is 8.78. The number of anilines is 1. The smallest absolute Gasteiger partial charge is 0.185 e. The molecular formula is C27H37NO3. The Bertz CT molecular complexity index is 950. The third-order valence-electron chi connectivity index (χ3n) is 4.36. The van der Waals surface area contributed by atoms with Gasteiger partial charge >= 0.3 is 0 Å². The summed E-state index contributed by atoms with van der Waals surface area (Å²) in [4.78, 5) is 12.7. The second-order valence-electron chi connectivity index (χ2n) is 10.9. The van der Waals surface area contributed by atoms with Gasteiger partial charge in [0.15, 0.2) is 5.78 Å². The molecule has 168 valence electrons. The van der Waals surface area contributed by atoms with E-state index in [-0.39, 0.29) is 16.8 Å². The predicted molar refractivity (Wildman–Crippen MR) is 130 cm³/mol. The molecule has 0 unspecified atom stereocenters. The van der Waals surface area contributed by atoms with Crippen LogP contribution in [-0.2, 0) is 5.41 Å².